The molecular formula is C13H9AuO. The van der Waals surface area contributed by atoms with Gasteiger partial charge in [-0.3, -0.25) is 0 Å². The van der Waals surface area contributed by atoms with E-state index in [2.05, 4.69) is 21.1 Å². The number of rotatable bonds is 2. The minimum absolute atomic E-state index is 0.0775. The minimum atomic E-state index is 0.0775. The molecular weight excluding hydrogens is 369 g/mol. The summed E-state index contributed by atoms with van der Waals surface area (Å²) >= 11 is 2.37. The summed E-state index contributed by atoms with van der Waals surface area (Å²) in [6.07, 6.45) is 0. The number of benzene rings is 2. The Labute approximate surface area is 101 Å². The summed E-state index contributed by atoms with van der Waals surface area (Å²) in [5, 5.41) is 0. The Morgan fingerprint density at radius 2 is 1.47 bits per heavy atom. The van der Waals surface area contributed by atoms with E-state index < -0.39 is 0 Å². The molecule has 2 rings (SSSR count). The summed E-state index contributed by atoms with van der Waals surface area (Å²) < 4.78 is 0.964. The summed E-state index contributed by atoms with van der Waals surface area (Å²) in [5.41, 5.74) is 1.49. The molecule has 2 aromatic carbocycles. The number of hydrogen-bond acceptors (Lipinski definition) is 1. The van der Waals surface area contributed by atoms with E-state index in [0.717, 1.165) is 14.9 Å². The van der Waals surface area contributed by atoms with E-state index in [4.69, 9.17) is 0 Å². The molecule has 78 valence electrons. The van der Waals surface area contributed by atoms with Gasteiger partial charge in [0.15, 0.2) is 0 Å². The summed E-state index contributed by atoms with van der Waals surface area (Å²) in [4.78, 5) is 12.1. The average molecular weight is 378 g/mol. The first-order chi connectivity index (χ1) is 7.29. The van der Waals surface area contributed by atoms with Crippen LogP contribution in [-0.4, -0.2) is 5.78 Å². The molecule has 0 saturated carbocycles. The van der Waals surface area contributed by atoms with Crippen LogP contribution in [-0.2, 0) is 21.1 Å². The van der Waals surface area contributed by atoms with Gasteiger partial charge in [-0.2, -0.15) is 0 Å². The van der Waals surface area contributed by atoms with Crippen LogP contribution in [0.15, 0.2) is 54.6 Å². The van der Waals surface area contributed by atoms with Crippen LogP contribution in [0.2, 0.25) is 0 Å². The van der Waals surface area contributed by atoms with Gasteiger partial charge in [-0.1, -0.05) is 0 Å². The summed E-state index contributed by atoms with van der Waals surface area (Å²) in [6.45, 7) is 0. The standard InChI is InChI=1S/C13H9O.Au/c14-13(11-7-3-1-4-8-11)12-9-5-2-6-10-12;/h1-9H;. The third-order valence-corrected chi connectivity index (χ3v) is 3.07. The van der Waals surface area contributed by atoms with Gasteiger partial charge >= 0.3 is 101 Å². The monoisotopic (exact) mass is 378 g/mol. The van der Waals surface area contributed by atoms with Gasteiger partial charge in [0.05, 0.1) is 0 Å². The molecule has 0 radical (unpaired) electrons. The van der Waals surface area contributed by atoms with Gasteiger partial charge in [-0.25, -0.2) is 0 Å². The fraction of sp³-hybridized carbons (Fsp3) is 0. The molecule has 0 aliphatic carbocycles. The van der Waals surface area contributed by atoms with Crippen molar-refractivity contribution in [2.75, 3.05) is 0 Å². The zero-order valence-corrected chi connectivity index (χ0v) is 10.1. The Morgan fingerprint density at radius 3 is 2.13 bits per heavy atom. The Morgan fingerprint density at radius 1 is 0.867 bits per heavy atom. The maximum absolute atomic E-state index is 12.1. The second kappa shape index (κ2) is 4.58. The third kappa shape index (κ3) is 2.26. The average Bonchev–Trinajstić information content (AvgIpc) is 2.30. The first-order valence-corrected chi connectivity index (χ1v) is 5.68. The van der Waals surface area contributed by atoms with Crippen LogP contribution in [0, 0.1) is 0 Å². The topological polar surface area (TPSA) is 17.1 Å². The number of ketones is 1. The van der Waals surface area contributed by atoms with E-state index in [-0.39, 0.29) is 5.78 Å². The molecule has 1 nitrogen and oxygen atoms in total. The molecule has 0 spiro atoms. The molecule has 2 heteroatoms. The van der Waals surface area contributed by atoms with Gasteiger partial charge in [0, 0.05) is 0 Å². The summed E-state index contributed by atoms with van der Waals surface area (Å²) in [6, 6.07) is 16.9. The fourth-order valence-corrected chi connectivity index (χ4v) is 2.00. The van der Waals surface area contributed by atoms with Crippen LogP contribution in [0.3, 0.4) is 0 Å². The first kappa shape index (κ1) is 10.4. The number of carbonyl (C=O) groups is 1. The summed E-state index contributed by atoms with van der Waals surface area (Å²) in [7, 11) is 0. The van der Waals surface area contributed by atoms with Crippen LogP contribution >= 0.6 is 0 Å². The third-order valence-electron chi connectivity index (χ3n) is 2.12. The second-order valence-electron chi connectivity index (χ2n) is 3.13. The first-order valence-electron chi connectivity index (χ1n) is 4.59. The number of carbonyl (C=O) groups excluding carboxylic acids is 1. The summed E-state index contributed by atoms with van der Waals surface area (Å²) in [5.74, 6) is 0.0775. The van der Waals surface area contributed by atoms with Crippen LogP contribution in [0.5, 0.6) is 0 Å². The molecule has 0 aliphatic rings. The molecule has 2 aromatic rings. The zero-order valence-electron chi connectivity index (χ0n) is 7.91. The molecule has 0 heterocycles. The predicted molar refractivity (Wildman–Crippen MR) is 56.0 cm³/mol. The van der Waals surface area contributed by atoms with Gasteiger partial charge in [0.1, 0.15) is 0 Å². The van der Waals surface area contributed by atoms with Gasteiger partial charge in [-0.15, -0.1) is 0 Å². The Kier molecular flexibility index (Phi) is 3.17. The van der Waals surface area contributed by atoms with Gasteiger partial charge in [-0.05, 0) is 0 Å². The van der Waals surface area contributed by atoms with Gasteiger partial charge in [0.25, 0.3) is 0 Å². The molecule has 0 amide bonds. The molecule has 15 heavy (non-hydrogen) atoms. The van der Waals surface area contributed by atoms with E-state index in [1.165, 1.54) is 0 Å². The van der Waals surface area contributed by atoms with E-state index in [1.54, 1.807) is 0 Å². The van der Waals surface area contributed by atoms with Crippen molar-refractivity contribution in [2.24, 2.45) is 0 Å². The maximum atomic E-state index is 12.1. The molecule has 0 saturated heterocycles. The molecule has 0 aliphatic heterocycles. The molecule has 0 unspecified atom stereocenters. The van der Waals surface area contributed by atoms with Crippen molar-refractivity contribution in [3.63, 3.8) is 0 Å². The molecule has 0 N–H and O–H groups in total. The van der Waals surface area contributed by atoms with Crippen molar-refractivity contribution >= 4 is 9.56 Å². The van der Waals surface area contributed by atoms with Crippen molar-refractivity contribution in [2.45, 2.75) is 0 Å². The molecule has 0 atom stereocenters. The van der Waals surface area contributed by atoms with E-state index in [0.29, 0.717) is 0 Å². The van der Waals surface area contributed by atoms with Crippen molar-refractivity contribution in [3.05, 3.63) is 65.7 Å². The van der Waals surface area contributed by atoms with Gasteiger partial charge < -0.3 is 0 Å². The van der Waals surface area contributed by atoms with Crippen molar-refractivity contribution in [1.29, 1.82) is 0 Å². The zero-order chi connectivity index (χ0) is 10.7. The van der Waals surface area contributed by atoms with E-state index >= 15 is 0 Å². The molecule has 0 aromatic heterocycles. The fourth-order valence-electron chi connectivity index (χ4n) is 1.37. The normalized spacial score (nSPS) is 10.0. The van der Waals surface area contributed by atoms with Crippen LogP contribution in [0.1, 0.15) is 15.9 Å². The van der Waals surface area contributed by atoms with Crippen molar-refractivity contribution < 1.29 is 25.9 Å². The predicted octanol–water partition coefficient (Wildman–Crippen LogP) is 2.09. The molecule has 0 fully saturated rings. The van der Waals surface area contributed by atoms with Crippen LogP contribution in [0.4, 0.5) is 0 Å². The van der Waals surface area contributed by atoms with E-state index in [1.807, 2.05) is 54.6 Å². The molecule has 0 bridgehead atoms. The van der Waals surface area contributed by atoms with Crippen molar-refractivity contribution in [3.8, 4) is 0 Å². The van der Waals surface area contributed by atoms with Crippen LogP contribution < -0.4 is 3.78 Å². The Hall–Kier alpha value is -1.15. The Balaban J connectivity index is 2.42. The SMILES string of the molecule is O=C(c1ccccc1)c1cccc[c]1[Au]. The van der Waals surface area contributed by atoms with Crippen LogP contribution in [0.25, 0.3) is 0 Å². The van der Waals surface area contributed by atoms with Gasteiger partial charge in [0.2, 0.25) is 0 Å². The quantitative estimate of drug-likeness (QED) is 0.578. The number of hydrogen-bond donors (Lipinski definition) is 0. The Bertz CT molecular complexity index is 477. The van der Waals surface area contributed by atoms with E-state index in [9.17, 15) is 4.79 Å². The van der Waals surface area contributed by atoms with Crippen molar-refractivity contribution in [1.82, 2.24) is 0 Å². The second-order valence-corrected chi connectivity index (χ2v) is 4.30.